The molecule has 0 aliphatic heterocycles. The molecule has 3 rings (SSSR count). The summed E-state index contributed by atoms with van der Waals surface area (Å²) in [7, 11) is 0. The van der Waals surface area contributed by atoms with Crippen LogP contribution in [0.4, 0.5) is 0 Å². The Balaban J connectivity index is 1.57. The molecule has 0 amide bonds. The molecule has 1 aliphatic carbocycles. The lowest BCUT2D eigenvalue weighted by atomic mass is 10.1. The molecule has 1 aliphatic rings. The van der Waals surface area contributed by atoms with Crippen LogP contribution in [0.15, 0.2) is 24.5 Å². The lowest BCUT2D eigenvalue weighted by Gasteiger charge is -2.10. The highest BCUT2D eigenvalue weighted by Gasteiger charge is 2.22. The molecule has 2 aromatic heterocycles. The van der Waals surface area contributed by atoms with E-state index in [0.29, 0.717) is 5.92 Å². The second kappa shape index (κ2) is 5.08. The van der Waals surface area contributed by atoms with Crippen molar-refractivity contribution in [2.24, 2.45) is 5.92 Å². The molecule has 0 bridgehead atoms. The van der Waals surface area contributed by atoms with Crippen molar-refractivity contribution in [2.75, 3.05) is 6.54 Å². The molecule has 2 heterocycles. The minimum Gasteiger partial charge on any atom is -0.393 e. The van der Waals surface area contributed by atoms with Gasteiger partial charge in [0.1, 0.15) is 5.65 Å². The number of hydrogen-bond acceptors (Lipinski definition) is 3. The van der Waals surface area contributed by atoms with E-state index in [9.17, 15) is 5.11 Å². The van der Waals surface area contributed by atoms with Gasteiger partial charge in [0.05, 0.1) is 6.10 Å². The predicted octanol–water partition coefficient (Wildman–Crippen LogP) is 1.81. The van der Waals surface area contributed by atoms with Crippen molar-refractivity contribution in [2.45, 2.75) is 31.9 Å². The summed E-state index contributed by atoms with van der Waals surface area (Å²) in [4.78, 5) is 7.46. The molecule has 2 aromatic rings. The summed E-state index contributed by atoms with van der Waals surface area (Å²) in [6, 6.07) is 4.06. The Kier molecular flexibility index (Phi) is 3.30. The number of aromatic amines is 1. The van der Waals surface area contributed by atoms with E-state index >= 15 is 0 Å². The van der Waals surface area contributed by atoms with Gasteiger partial charge in [0.25, 0.3) is 0 Å². The van der Waals surface area contributed by atoms with Crippen LogP contribution < -0.4 is 5.32 Å². The van der Waals surface area contributed by atoms with Gasteiger partial charge in [-0.1, -0.05) is 0 Å². The Bertz CT molecular complexity index is 522. The number of rotatable bonds is 4. The lowest BCUT2D eigenvalue weighted by Crippen LogP contribution is -2.21. The molecule has 1 fully saturated rings. The Morgan fingerprint density at radius 1 is 1.44 bits per heavy atom. The zero-order valence-electron chi connectivity index (χ0n) is 10.4. The normalized spacial score (nSPS) is 23.8. The summed E-state index contributed by atoms with van der Waals surface area (Å²) >= 11 is 0. The maximum Gasteiger partial charge on any atom is 0.137 e. The van der Waals surface area contributed by atoms with E-state index in [2.05, 4.69) is 21.4 Å². The van der Waals surface area contributed by atoms with E-state index in [4.69, 9.17) is 0 Å². The molecule has 18 heavy (non-hydrogen) atoms. The molecule has 0 spiro atoms. The number of nitrogens with zero attached hydrogens (tertiary/aromatic N) is 1. The van der Waals surface area contributed by atoms with Crippen molar-refractivity contribution in [3.8, 4) is 0 Å². The van der Waals surface area contributed by atoms with Crippen LogP contribution in [0.3, 0.4) is 0 Å². The zero-order chi connectivity index (χ0) is 12.4. The van der Waals surface area contributed by atoms with Crippen molar-refractivity contribution < 1.29 is 5.11 Å². The second-order valence-corrected chi connectivity index (χ2v) is 5.18. The Labute approximate surface area is 106 Å². The van der Waals surface area contributed by atoms with Crippen LogP contribution in [0.25, 0.3) is 11.0 Å². The number of pyridine rings is 1. The lowest BCUT2D eigenvalue weighted by molar-refractivity contribution is 0.177. The number of hydrogen-bond donors (Lipinski definition) is 3. The predicted molar refractivity (Wildman–Crippen MR) is 71.1 cm³/mol. The first-order valence-electron chi connectivity index (χ1n) is 6.62. The van der Waals surface area contributed by atoms with Gasteiger partial charge in [-0.15, -0.1) is 0 Å². The van der Waals surface area contributed by atoms with Gasteiger partial charge in [0.2, 0.25) is 0 Å². The molecule has 0 radical (unpaired) electrons. The Hall–Kier alpha value is -1.39. The molecular formula is C14H19N3O. The topological polar surface area (TPSA) is 60.9 Å². The fourth-order valence-electron chi connectivity index (χ4n) is 2.80. The minimum atomic E-state index is -0.0749. The molecular weight excluding hydrogens is 226 g/mol. The maximum absolute atomic E-state index is 9.48. The quantitative estimate of drug-likeness (QED) is 0.770. The average molecular weight is 245 g/mol. The number of nitrogens with one attached hydrogen (secondary N) is 2. The van der Waals surface area contributed by atoms with Crippen LogP contribution in [0, 0.1) is 5.92 Å². The summed E-state index contributed by atoms with van der Waals surface area (Å²) in [5, 5.41) is 14.2. The largest absolute Gasteiger partial charge is 0.393 e. The molecule has 4 nitrogen and oxygen atoms in total. The fourth-order valence-corrected chi connectivity index (χ4v) is 2.80. The number of fused-ring (bicyclic) bond motifs is 1. The van der Waals surface area contributed by atoms with Gasteiger partial charge in [-0.05, 0) is 49.4 Å². The van der Waals surface area contributed by atoms with Crippen LogP contribution in [0.1, 0.15) is 24.8 Å². The van der Waals surface area contributed by atoms with E-state index in [1.807, 2.05) is 12.3 Å². The van der Waals surface area contributed by atoms with Crippen molar-refractivity contribution in [3.05, 3.63) is 30.1 Å². The molecule has 3 N–H and O–H groups in total. The van der Waals surface area contributed by atoms with Crippen molar-refractivity contribution in [1.29, 1.82) is 0 Å². The Morgan fingerprint density at radius 2 is 2.39 bits per heavy atom. The first kappa shape index (κ1) is 11.7. The SMILES string of the molecule is OC1CCC(CNCc2c[nH]c3ncccc23)C1. The standard InChI is InChI=1S/C14H19N3O/c18-12-4-3-10(6-12)7-15-8-11-9-17-14-13(11)2-1-5-16-14/h1-2,5,9-10,12,15,18H,3-4,6-8H2,(H,16,17). The van der Waals surface area contributed by atoms with Gasteiger partial charge >= 0.3 is 0 Å². The van der Waals surface area contributed by atoms with Crippen LogP contribution in [0.5, 0.6) is 0 Å². The van der Waals surface area contributed by atoms with Gasteiger partial charge < -0.3 is 15.4 Å². The Morgan fingerprint density at radius 3 is 3.22 bits per heavy atom. The van der Waals surface area contributed by atoms with Crippen LogP contribution in [-0.2, 0) is 6.54 Å². The van der Waals surface area contributed by atoms with Crippen molar-refractivity contribution in [1.82, 2.24) is 15.3 Å². The monoisotopic (exact) mass is 245 g/mol. The molecule has 1 saturated carbocycles. The molecule has 0 saturated heterocycles. The molecule has 96 valence electrons. The third-order valence-electron chi connectivity index (χ3n) is 3.80. The summed E-state index contributed by atoms with van der Waals surface area (Å²) in [6.07, 6.45) is 6.80. The zero-order valence-corrected chi connectivity index (χ0v) is 10.4. The second-order valence-electron chi connectivity index (χ2n) is 5.18. The van der Waals surface area contributed by atoms with Gasteiger partial charge in [-0.25, -0.2) is 4.98 Å². The van der Waals surface area contributed by atoms with Gasteiger partial charge in [0, 0.05) is 24.3 Å². The highest BCUT2D eigenvalue weighted by atomic mass is 16.3. The van der Waals surface area contributed by atoms with Crippen LogP contribution in [-0.4, -0.2) is 27.7 Å². The van der Waals surface area contributed by atoms with Gasteiger partial charge in [-0.2, -0.15) is 0 Å². The van der Waals surface area contributed by atoms with Crippen LogP contribution in [0.2, 0.25) is 0 Å². The first-order chi connectivity index (χ1) is 8.83. The van der Waals surface area contributed by atoms with E-state index in [0.717, 1.165) is 38.0 Å². The van der Waals surface area contributed by atoms with Crippen LogP contribution >= 0.6 is 0 Å². The molecule has 2 unspecified atom stereocenters. The number of H-pyrrole nitrogens is 1. The number of aliphatic hydroxyl groups excluding tert-OH is 1. The highest BCUT2D eigenvalue weighted by molar-refractivity contribution is 5.79. The average Bonchev–Trinajstić information content (AvgIpc) is 2.97. The fraction of sp³-hybridized carbons (Fsp3) is 0.500. The number of aromatic nitrogens is 2. The molecule has 0 aromatic carbocycles. The number of aliphatic hydroxyl groups is 1. The van der Waals surface area contributed by atoms with Crippen molar-refractivity contribution >= 4 is 11.0 Å². The summed E-state index contributed by atoms with van der Waals surface area (Å²) in [6.45, 7) is 1.85. The smallest absolute Gasteiger partial charge is 0.137 e. The summed E-state index contributed by atoms with van der Waals surface area (Å²) in [5.41, 5.74) is 2.21. The maximum atomic E-state index is 9.48. The van der Waals surface area contributed by atoms with E-state index < -0.39 is 0 Å². The summed E-state index contributed by atoms with van der Waals surface area (Å²) in [5.74, 6) is 0.628. The third kappa shape index (κ3) is 2.40. The van der Waals surface area contributed by atoms with E-state index in [-0.39, 0.29) is 6.10 Å². The third-order valence-corrected chi connectivity index (χ3v) is 3.80. The first-order valence-corrected chi connectivity index (χ1v) is 6.62. The molecule has 4 heteroatoms. The summed E-state index contributed by atoms with van der Waals surface area (Å²) < 4.78 is 0. The van der Waals surface area contributed by atoms with E-state index in [1.165, 1.54) is 10.9 Å². The van der Waals surface area contributed by atoms with Crippen molar-refractivity contribution in [3.63, 3.8) is 0 Å². The highest BCUT2D eigenvalue weighted by Crippen LogP contribution is 2.24. The van der Waals surface area contributed by atoms with Gasteiger partial charge in [0.15, 0.2) is 0 Å². The van der Waals surface area contributed by atoms with Gasteiger partial charge in [-0.3, -0.25) is 0 Å². The minimum absolute atomic E-state index is 0.0749. The molecule has 2 atom stereocenters. The van der Waals surface area contributed by atoms with E-state index in [1.54, 1.807) is 6.20 Å².